The van der Waals surface area contributed by atoms with Crippen LogP contribution in [0.3, 0.4) is 0 Å². The maximum atomic E-state index is 10.4. The summed E-state index contributed by atoms with van der Waals surface area (Å²) in [6, 6.07) is 0. The van der Waals surface area contributed by atoms with Crippen molar-refractivity contribution in [3.8, 4) is 0 Å². The van der Waals surface area contributed by atoms with Crippen LogP contribution in [0, 0.1) is 0 Å². The fraction of sp³-hybridized carbons (Fsp3) is 1.00. The normalized spacial score (nSPS) is 13.6. The van der Waals surface area contributed by atoms with Crippen molar-refractivity contribution in [2.75, 3.05) is 6.16 Å². The minimum absolute atomic E-state index is 0.741. The lowest BCUT2D eigenvalue weighted by molar-refractivity contribution is 0.584. The molecule has 0 amide bonds. The second-order valence-corrected chi connectivity index (χ2v) is 3.71. The third-order valence-corrected chi connectivity index (χ3v) is 2.12. The van der Waals surface area contributed by atoms with E-state index in [0.29, 0.717) is 0 Å². The predicted octanol–water partition coefficient (Wildman–Crippen LogP) is 2.00. The Morgan fingerprint density at radius 1 is 1.33 bits per heavy atom. The van der Waals surface area contributed by atoms with Crippen LogP contribution in [0.25, 0.3) is 0 Å². The molecule has 0 saturated heterocycles. The second-order valence-electron chi connectivity index (χ2n) is 2.28. The zero-order chi connectivity index (χ0) is 7.11. The number of hydrogen-bond donors (Lipinski definition) is 1. The average molecular weight is 149 g/mol. The Hall–Kier alpha value is 0.190. The van der Waals surface area contributed by atoms with Crippen LogP contribution < -0.4 is 5.50 Å². The maximum absolute atomic E-state index is 10.4. The van der Waals surface area contributed by atoms with Gasteiger partial charge in [0.1, 0.15) is 7.95 Å². The minimum atomic E-state index is -1.67. The zero-order valence-corrected chi connectivity index (χ0v) is 7.02. The van der Waals surface area contributed by atoms with Gasteiger partial charge in [-0.15, -0.1) is 0 Å². The molecule has 9 heavy (non-hydrogen) atoms. The van der Waals surface area contributed by atoms with E-state index in [1.165, 1.54) is 19.3 Å². The van der Waals surface area contributed by atoms with Gasteiger partial charge in [0.2, 0.25) is 0 Å². The molecule has 1 unspecified atom stereocenters. The molecule has 0 aliphatic rings. The van der Waals surface area contributed by atoms with Gasteiger partial charge < -0.3 is 4.57 Å². The molecule has 0 saturated carbocycles. The van der Waals surface area contributed by atoms with Gasteiger partial charge in [-0.2, -0.15) is 0 Å². The minimum Gasteiger partial charge on any atom is -0.310 e. The summed E-state index contributed by atoms with van der Waals surface area (Å²) in [5.74, 6) is 0. The fourth-order valence-electron chi connectivity index (χ4n) is 0.726. The number of nitrogens with two attached hydrogens (primary N) is 1. The summed E-state index contributed by atoms with van der Waals surface area (Å²) in [5.41, 5.74) is 5.12. The molecule has 0 bridgehead atoms. The molecule has 0 aromatic rings. The standard InChI is InChI=1S/C6H16NOP/c1-2-3-4-5-6-9(7)8/h9H,2-6H2,1H3,(H2,7,8). The van der Waals surface area contributed by atoms with Crippen LogP contribution in [0.2, 0.25) is 0 Å². The Balaban J connectivity index is 2.83. The van der Waals surface area contributed by atoms with Crippen LogP contribution in [-0.2, 0) is 4.57 Å². The second kappa shape index (κ2) is 6.31. The van der Waals surface area contributed by atoms with E-state index in [1.807, 2.05) is 0 Å². The summed E-state index contributed by atoms with van der Waals surface area (Å²) >= 11 is 0. The van der Waals surface area contributed by atoms with Crippen molar-refractivity contribution < 1.29 is 4.57 Å². The third-order valence-electron chi connectivity index (χ3n) is 1.28. The number of rotatable bonds is 5. The molecule has 1 atom stereocenters. The van der Waals surface area contributed by atoms with Crippen LogP contribution in [0.4, 0.5) is 0 Å². The Morgan fingerprint density at radius 3 is 2.44 bits per heavy atom. The Bertz CT molecular complexity index is 85.1. The molecule has 0 aliphatic carbocycles. The summed E-state index contributed by atoms with van der Waals surface area (Å²) in [5, 5.41) is 0. The van der Waals surface area contributed by atoms with Gasteiger partial charge >= 0.3 is 0 Å². The molecule has 0 aromatic heterocycles. The van der Waals surface area contributed by atoms with E-state index in [-0.39, 0.29) is 0 Å². The molecule has 0 fully saturated rings. The molecule has 3 heteroatoms. The summed E-state index contributed by atoms with van der Waals surface area (Å²) < 4.78 is 10.4. The number of hydrogen-bond acceptors (Lipinski definition) is 1. The first-order chi connectivity index (χ1) is 4.27. The zero-order valence-electron chi connectivity index (χ0n) is 6.02. The Morgan fingerprint density at radius 2 is 2.00 bits per heavy atom. The fourth-order valence-corrected chi connectivity index (χ4v) is 1.32. The van der Waals surface area contributed by atoms with E-state index in [0.717, 1.165) is 12.6 Å². The van der Waals surface area contributed by atoms with E-state index >= 15 is 0 Å². The van der Waals surface area contributed by atoms with Gasteiger partial charge in [-0.3, -0.25) is 5.50 Å². The Kier molecular flexibility index (Phi) is 6.45. The van der Waals surface area contributed by atoms with Crippen molar-refractivity contribution in [3.05, 3.63) is 0 Å². The summed E-state index contributed by atoms with van der Waals surface area (Å²) in [6.07, 6.45) is 5.44. The van der Waals surface area contributed by atoms with Crippen LogP contribution in [0.1, 0.15) is 32.6 Å². The van der Waals surface area contributed by atoms with Gasteiger partial charge in [-0.05, 0) is 6.42 Å². The van der Waals surface area contributed by atoms with Crippen molar-refractivity contribution in [2.45, 2.75) is 32.6 Å². The molecule has 0 heterocycles. The topological polar surface area (TPSA) is 43.1 Å². The first kappa shape index (κ1) is 9.19. The van der Waals surface area contributed by atoms with E-state index in [4.69, 9.17) is 5.50 Å². The van der Waals surface area contributed by atoms with E-state index in [2.05, 4.69) is 6.92 Å². The molecule has 2 nitrogen and oxygen atoms in total. The first-order valence-corrected chi connectivity index (χ1v) is 5.25. The van der Waals surface area contributed by atoms with Crippen molar-refractivity contribution in [2.24, 2.45) is 5.50 Å². The quantitative estimate of drug-likeness (QED) is 0.480. The predicted molar refractivity (Wildman–Crippen MR) is 42.2 cm³/mol. The van der Waals surface area contributed by atoms with Crippen LogP contribution in [0.5, 0.6) is 0 Å². The van der Waals surface area contributed by atoms with Gasteiger partial charge in [0.15, 0.2) is 0 Å². The largest absolute Gasteiger partial charge is 0.310 e. The van der Waals surface area contributed by atoms with Crippen LogP contribution in [-0.4, -0.2) is 6.16 Å². The summed E-state index contributed by atoms with van der Waals surface area (Å²) in [7, 11) is -1.67. The first-order valence-electron chi connectivity index (χ1n) is 3.55. The van der Waals surface area contributed by atoms with E-state index < -0.39 is 7.95 Å². The molecule has 56 valence electrons. The molecule has 0 aliphatic heterocycles. The summed E-state index contributed by atoms with van der Waals surface area (Å²) in [6.45, 7) is 2.16. The van der Waals surface area contributed by atoms with Crippen LogP contribution >= 0.6 is 7.95 Å². The highest BCUT2D eigenvalue weighted by atomic mass is 31.1. The third kappa shape index (κ3) is 8.19. The molecular weight excluding hydrogens is 133 g/mol. The van der Waals surface area contributed by atoms with E-state index in [9.17, 15) is 4.57 Å². The highest BCUT2D eigenvalue weighted by Crippen LogP contribution is 2.11. The van der Waals surface area contributed by atoms with Crippen molar-refractivity contribution in [1.82, 2.24) is 0 Å². The summed E-state index contributed by atoms with van der Waals surface area (Å²) in [4.78, 5) is 0. The van der Waals surface area contributed by atoms with Gasteiger partial charge in [0, 0.05) is 6.16 Å². The molecule has 0 rings (SSSR count). The lowest BCUT2D eigenvalue weighted by Crippen LogP contribution is -1.85. The molecule has 2 N–H and O–H groups in total. The lowest BCUT2D eigenvalue weighted by atomic mass is 10.2. The van der Waals surface area contributed by atoms with Crippen molar-refractivity contribution in [3.63, 3.8) is 0 Å². The van der Waals surface area contributed by atoms with Crippen LogP contribution in [0.15, 0.2) is 0 Å². The maximum Gasteiger partial charge on any atom is 0.133 e. The molecular formula is C6H16NOP. The molecule has 0 aromatic carbocycles. The SMILES string of the molecule is CCCCCC[PH](N)=O. The monoisotopic (exact) mass is 149 g/mol. The van der Waals surface area contributed by atoms with Crippen molar-refractivity contribution >= 4 is 7.95 Å². The number of unbranched alkanes of at least 4 members (excludes halogenated alkanes) is 3. The highest BCUT2D eigenvalue weighted by Gasteiger charge is 1.89. The van der Waals surface area contributed by atoms with Gasteiger partial charge in [0.05, 0.1) is 0 Å². The highest BCUT2D eigenvalue weighted by molar-refractivity contribution is 7.41. The van der Waals surface area contributed by atoms with Gasteiger partial charge in [-0.25, -0.2) is 0 Å². The van der Waals surface area contributed by atoms with Gasteiger partial charge in [0.25, 0.3) is 0 Å². The van der Waals surface area contributed by atoms with E-state index in [1.54, 1.807) is 0 Å². The molecule has 0 radical (unpaired) electrons. The Labute approximate surface area is 57.7 Å². The molecule has 0 spiro atoms. The van der Waals surface area contributed by atoms with Crippen molar-refractivity contribution in [1.29, 1.82) is 0 Å². The average Bonchev–Trinajstić information content (AvgIpc) is 1.80. The smallest absolute Gasteiger partial charge is 0.133 e. The van der Waals surface area contributed by atoms with Gasteiger partial charge in [-0.1, -0.05) is 26.2 Å². The lowest BCUT2D eigenvalue weighted by Gasteiger charge is -1.94.